The Morgan fingerprint density at radius 2 is 1.67 bits per heavy atom. The highest BCUT2D eigenvalue weighted by Gasteiger charge is 1.95. The van der Waals surface area contributed by atoms with Gasteiger partial charge in [-0.15, -0.1) is 0 Å². The van der Waals surface area contributed by atoms with Crippen LogP contribution in [0.1, 0.15) is 17.5 Å². The van der Waals surface area contributed by atoms with Crippen molar-refractivity contribution < 1.29 is 9.47 Å². The van der Waals surface area contributed by atoms with Crippen LogP contribution in [0.2, 0.25) is 0 Å². The lowest BCUT2D eigenvalue weighted by Gasteiger charge is -2.07. The molecule has 0 heterocycles. The largest absolute Gasteiger partial charge is 0.497 e. The van der Waals surface area contributed by atoms with E-state index in [1.54, 1.807) is 7.11 Å². The molecule has 0 atom stereocenters. The quantitative estimate of drug-likeness (QED) is 0.716. The number of ether oxygens (including phenoxy) is 2. The number of nitrogens with one attached hydrogen (secondary N) is 1. The van der Waals surface area contributed by atoms with Gasteiger partial charge in [0.2, 0.25) is 0 Å². The zero-order chi connectivity index (χ0) is 14.8. The summed E-state index contributed by atoms with van der Waals surface area (Å²) in [6, 6.07) is 18.4. The zero-order valence-electron chi connectivity index (χ0n) is 12.5. The van der Waals surface area contributed by atoms with Crippen molar-refractivity contribution in [2.45, 2.75) is 19.6 Å². The molecule has 0 spiro atoms. The third-order valence-corrected chi connectivity index (χ3v) is 3.24. The second-order valence-corrected chi connectivity index (χ2v) is 4.92. The molecule has 0 aliphatic rings. The predicted molar refractivity (Wildman–Crippen MR) is 85.4 cm³/mol. The molecule has 0 aliphatic carbocycles. The smallest absolute Gasteiger partial charge is 0.118 e. The Bertz CT molecular complexity index is 496. The second-order valence-electron chi connectivity index (χ2n) is 4.92. The molecule has 0 aromatic heterocycles. The Labute approximate surface area is 126 Å². The van der Waals surface area contributed by atoms with E-state index in [-0.39, 0.29) is 0 Å². The van der Waals surface area contributed by atoms with Gasteiger partial charge >= 0.3 is 0 Å². The van der Waals surface area contributed by atoms with Gasteiger partial charge in [-0.3, -0.25) is 0 Å². The minimum absolute atomic E-state index is 0.655. The molecule has 3 nitrogen and oxygen atoms in total. The first-order chi connectivity index (χ1) is 10.4. The number of rotatable bonds is 9. The predicted octanol–water partition coefficient (Wildman–Crippen LogP) is 3.39. The van der Waals surface area contributed by atoms with E-state index < -0.39 is 0 Å². The summed E-state index contributed by atoms with van der Waals surface area (Å²) >= 11 is 0. The van der Waals surface area contributed by atoms with Gasteiger partial charge in [-0.1, -0.05) is 42.5 Å². The van der Waals surface area contributed by atoms with Crippen LogP contribution in [0.15, 0.2) is 54.6 Å². The molecule has 0 radical (unpaired) electrons. The van der Waals surface area contributed by atoms with E-state index in [4.69, 9.17) is 9.47 Å². The van der Waals surface area contributed by atoms with Gasteiger partial charge < -0.3 is 14.8 Å². The topological polar surface area (TPSA) is 30.5 Å². The molecule has 2 aromatic carbocycles. The van der Waals surface area contributed by atoms with Crippen LogP contribution in [0.3, 0.4) is 0 Å². The van der Waals surface area contributed by atoms with Gasteiger partial charge in [0.25, 0.3) is 0 Å². The summed E-state index contributed by atoms with van der Waals surface area (Å²) in [7, 11) is 1.67. The van der Waals surface area contributed by atoms with Crippen molar-refractivity contribution in [2.24, 2.45) is 0 Å². The molecule has 0 saturated carbocycles. The normalized spacial score (nSPS) is 10.5. The van der Waals surface area contributed by atoms with Gasteiger partial charge in [-0.05, 0) is 36.2 Å². The van der Waals surface area contributed by atoms with Crippen LogP contribution < -0.4 is 10.1 Å². The fraction of sp³-hybridized carbons (Fsp3) is 0.333. The Kier molecular flexibility index (Phi) is 6.78. The van der Waals surface area contributed by atoms with Gasteiger partial charge in [0.15, 0.2) is 0 Å². The van der Waals surface area contributed by atoms with E-state index in [1.807, 2.05) is 30.3 Å². The molecule has 0 fully saturated rings. The van der Waals surface area contributed by atoms with E-state index in [9.17, 15) is 0 Å². The maximum Gasteiger partial charge on any atom is 0.118 e. The summed E-state index contributed by atoms with van der Waals surface area (Å²) in [6.07, 6.45) is 1.02. The van der Waals surface area contributed by atoms with Gasteiger partial charge in [0, 0.05) is 13.2 Å². The highest BCUT2D eigenvalue weighted by Crippen LogP contribution is 2.11. The van der Waals surface area contributed by atoms with Crippen LogP contribution in [-0.2, 0) is 17.9 Å². The molecule has 0 aliphatic heterocycles. The van der Waals surface area contributed by atoms with E-state index in [0.717, 1.165) is 31.9 Å². The van der Waals surface area contributed by atoms with Crippen molar-refractivity contribution in [3.8, 4) is 5.75 Å². The minimum Gasteiger partial charge on any atom is -0.497 e. The van der Waals surface area contributed by atoms with Crippen LogP contribution in [-0.4, -0.2) is 20.3 Å². The summed E-state index contributed by atoms with van der Waals surface area (Å²) in [6.45, 7) is 3.31. The molecule has 1 N–H and O–H groups in total. The van der Waals surface area contributed by atoms with Crippen LogP contribution in [0.4, 0.5) is 0 Å². The summed E-state index contributed by atoms with van der Waals surface area (Å²) in [5, 5.41) is 3.42. The maximum atomic E-state index is 5.66. The first-order valence-electron chi connectivity index (χ1n) is 7.34. The SMILES string of the molecule is COc1ccc(COCCCNCc2ccccc2)cc1. The fourth-order valence-electron chi connectivity index (χ4n) is 2.04. The fourth-order valence-corrected chi connectivity index (χ4v) is 2.04. The van der Waals surface area contributed by atoms with Crippen molar-refractivity contribution in [3.63, 3.8) is 0 Å². The van der Waals surface area contributed by atoms with Crippen molar-refractivity contribution in [3.05, 3.63) is 65.7 Å². The Hall–Kier alpha value is -1.84. The average Bonchev–Trinajstić information content (AvgIpc) is 2.55. The molecule has 2 rings (SSSR count). The lowest BCUT2D eigenvalue weighted by atomic mass is 10.2. The average molecular weight is 285 g/mol. The number of benzene rings is 2. The standard InChI is InChI=1S/C18H23NO2/c1-20-18-10-8-17(9-11-18)15-21-13-5-12-19-14-16-6-3-2-4-7-16/h2-4,6-11,19H,5,12-15H2,1H3. The van der Waals surface area contributed by atoms with Crippen molar-refractivity contribution >= 4 is 0 Å². The molecular formula is C18H23NO2. The monoisotopic (exact) mass is 285 g/mol. The molecule has 0 saturated heterocycles. The third-order valence-electron chi connectivity index (χ3n) is 3.24. The molecule has 0 unspecified atom stereocenters. The second kappa shape index (κ2) is 9.16. The van der Waals surface area contributed by atoms with Gasteiger partial charge in [0.1, 0.15) is 5.75 Å². The molecule has 0 amide bonds. The van der Waals surface area contributed by atoms with Crippen LogP contribution in [0, 0.1) is 0 Å². The van der Waals surface area contributed by atoms with Crippen LogP contribution >= 0.6 is 0 Å². The first kappa shape index (κ1) is 15.5. The summed E-state index contributed by atoms with van der Waals surface area (Å²) in [5.41, 5.74) is 2.49. The number of hydrogen-bond donors (Lipinski definition) is 1. The molecule has 2 aromatic rings. The maximum absolute atomic E-state index is 5.66. The lowest BCUT2D eigenvalue weighted by molar-refractivity contribution is 0.118. The van der Waals surface area contributed by atoms with Crippen LogP contribution in [0.25, 0.3) is 0 Å². The summed E-state index contributed by atoms with van der Waals surface area (Å²) < 4.78 is 10.8. The zero-order valence-corrected chi connectivity index (χ0v) is 12.5. The van der Waals surface area contributed by atoms with Gasteiger partial charge in [-0.2, -0.15) is 0 Å². The van der Waals surface area contributed by atoms with Crippen LogP contribution in [0.5, 0.6) is 5.75 Å². The Balaban J connectivity index is 1.51. The van der Waals surface area contributed by atoms with Gasteiger partial charge in [-0.25, -0.2) is 0 Å². The molecule has 0 bridgehead atoms. The van der Waals surface area contributed by atoms with Crippen molar-refractivity contribution in [1.82, 2.24) is 5.32 Å². The summed E-state index contributed by atoms with van der Waals surface area (Å²) in [5.74, 6) is 0.879. The van der Waals surface area contributed by atoms with E-state index in [0.29, 0.717) is 6.61 Å². The Morgan fingerprint density at radius 3 is 2.38 bits per heavy atom. The minimum atomic E-state index is 0.655. The lowest BCUT2D eigenvalue weighted by Crippen LogP contribution is -2.16. The van der Waals surface area contributed by atoms with Crippen molar-refractivity contribution in [1.29, 1.82) is 0 Å². The first-order valence-corrected chi connectivity index (χ1v) is 7.34. The van der Waals surface area contributed by atoms with Gasteiger partial charge in [0.05, 0.1) is 13.7 Å². The van der Waals surface area contributed by atoms with Crippen molar-refractivity contribution in [2.75, 3.05) is 20.3 Å². The molecular weight excluding hydrogens is 262 g/mol. The highest BCUT2D eigenvalue weighted by molar-refractivity contribution is 5.26. The molecule has 21 heavy (non-hydrogen) atoms. The third kappa shape index (κ3) is 5.98. The van der Waals surface area contributed by atoms with E-state index in [1.165, 1.54) is 11.1 Å². The van der Waals surface area contributed by atoms with E-state index in [2.05, 4.69) is 29.6 Å². The van der Waals surface area contributed by atoms with E-state index >= 15 is 0 Å². The highest BCUT2D eigenvalue weighted by atomic mass is 16.5. The molecule has 3 heteroatoms. The summed E-state index contributed by atoms with van der Waals surface area (Å²) in [4.78, 5) is 0. The number of hydrogen-bond acceptors (Lipinski definition) is 3. The number of methoxy groups -OCH3 is 1. The molecule has 112 valence electrons. The Morgan fingerprint density at radius 1 is 0.905 bits per heavy atom.